The van der Waals surface area contributed by atoms with Crippen LogP contribution in [-0.4, -0.2) is 21.0 Å². The maximum atomic E-state index is 4.27. The van der Waals surface area contributed by atoms with E-state index in [-0.39, 0.29) is 0 Å². The van der Waals surface area contributed by atoms with Crippen molar-refractivity contribution in [2.75, 3.05) is 0 Å². The van der Waals surface area contributed by atoms with E-state index in [0.717, 1.165) is 15.7 Å². The van der Waals surface area contributed by atoms with Crippen molar-refractivity contribution in [3.8, 4) is 11.3 Å². The van der Waals surface area contributed by atoms with Crippen LogP contribution in [0.25, 0.3) is 11.3 Å². The van der Waals surface area contributed by atoms with E-state index in [9.17, 15) is 0 Å². The van der Waals surface area contributed by atoms with Gasteiger partial charge in [-0.25, -0.2) is 0 Å². The molecule has 2 rings (SSSR count). The topological polar surface area (TPSA) is 12.9 Å². The standard InChI is InChI=1S/C11H8NSe/c13-10-6-4-9(5-7-10)11-3-1-2-8-12-11/h1-8H. The average Bonchev–Trinajstić information content (AvgIpc) is 2.20. The summed E-state index contributed by atoms with van der Waals surface area (Å²) in [5.41, 5.74) is 2.17. The number of nitrogens with zero attached hydrogens (tertiary/aromatic N) is 1. The first-order valence-electron chi connectivity index (χ1n) is 4.05. The van der Waals surface area contributed by atoms with Gasteiger partial charge in [-0.15, -0.1) is 0 Å². The van der Waals surface area contributed by atoms with Gasteiger partial charge in [0.25, 0.3) is 0 Å². The van der Waals surface area contributed by atoms with Gasteiger partial charge in [-0.2, -0.15) is 0 Å². The monoisotopic (exact) mass is 234 g/mol. The Hall–Kier alpha value is -1.11. The van der Waals surface area contributed by atoms with E-state index in [4.69, 9.17) is 0 Å². The molecule has 0 spiro atoms. The van der Waals surface area contributed by atoms with Crippen LogP contribution >= 0.6 is 0 Å². The summed E-state index contributed by atoms with van der Waals surface area (Å²) in [6, 6.07) is 14.1. The van der Waals surface area contributed by atoms with Crippen LogP contribution in [0.15, 0.2) is 48.7 Å². The van der Waals surface area contributed by atoms with Gasteiger partial charge in [0, 0.05) is 0 Å². The molecule has 63 valence electrons. The van der Waals surface area contributed by atoms with Crippen LogP contribution in [0.2, 0.25) is 0 Å². The third kappa shape index (κ3) is 1.97. The minimum absolute atomic E-state index is 1.02. The molecule has 0 N–H and O–H groups in total. The molecule has 0 amide bonds. The minimum atomic E-state index is 1.02. The Morgan fingerprint density at radius 2 is 1.69 bits per heavy atom. The molecule has 0 bridgehead atoms. The van der Waals surface area contributed by atoms with Gasteiger partial charge in [-0.3, -0.25) is 0 Å². The SMILES string of the molecule is [Se]c1ccc(-c2ccccn2)cc1. The third-order valence-electron chi connectivity index (χ3n) is 1.81. The Kier molecular flexibility index (Phi) is 2.44. The molecular formula is C11H8NSe. The molecule has 1 nitrogen and oxygen atoms in total. The molecule has 0 atom stereocenters. The molecule has 1 aromatic heterocycles. The summed E-state index contributed by atoms with van der Waals surface area (Å²) >= 11 is 2.96. The molecule has 13 heavy (non-hydrogen) atoms. The summed E-state index contributed by atoms with van der Waals surface area (Å²) in [5.74, 6) is 0. The molecule has 0 unspecified atom stereocenters. The van der Waals surface area contributed by atoms with Crippen molar-refractivity contribution in [1.29, 1.82) is 0 Å². The van der Waals surface area contributed by atoms with Crippen LogP contribution in [0.1, 0.15) is 0 Å². The third-order valence-corrected chi connectivity index (χ3v) is 2.39. The van der Waals surface area contributed by atoms with Crippen molar-refractivity contribution < 1.29 is 0 Å². The van der Waals surface area contributed by atoms with E-state index in [1.165, 1.54) is 0 Å². The number of hydrogen-bond donors (Lipinski definition) is 0. The first-order valence-corrected chi connectivity index (χ1v) is 4.90. The Bertz CT molecular complexity index is 381. The summed E-state index contributed by atoms with van der Waals surface area (Å²) in [6.45, 7) is 0. The summed E-state index contributed by atoms with van der Waals surface area (Å²) < 4.78 is 1.15. The second-order valence-electron chi connectivity index (χ2n) is 2.74. The first-order chi connectivity index (χ1) is 6.36. The van der Waals surface area contributed by atoms with Gasteiger partial charge in [-0.05, 0) is 0 Å². The number of rotatable bonds is 1. The molecule has 0 aliphatic heterocycles. The zero-order valence-corrected chi connectivity index (χ0v) is 8.69. The molecule has 1 radical (unpaired) electrons. The second kappa shape index (κ2) is 3.73. The second-order valence-corrected chi connectivity index (χ2v) is 3.73. The zero-order valence-electron chi connectivity index (χ0n) is 6.97. The van der Waals surface area contributed by atoms with Gasteiger partial charge in [0.1, 0.15) is 0 Å². The van der Waals surface area contributed by atoms with Crippen molar-refractivity contribution >= 4 is 20.5 Å². The van der Waals surface area contributed by atoms with Gasteiger partial charge in [0.05, 0.1) is 0 Å². The van der Waals surface area contributed by atoms with Crippen LogP contribution in [-0.2, 0) is 0 Å². The van der Waals surface area contributed by atoms with Gasteiger partial charge in [-0.1, -0.05) is 0 Å². The number of hydrogen-bond acceptors (Lipinski definition) is 1. The van der Waals surface area contributed by atoms with Gasteiger partial charge < -0.3 is 0 Å². The number of aromatic nitrogens is 1. The van der Waals surface area contributed by atoms with Crippen LogP contribution in [0.5, 0.6) is 0 Å². The van der Waals surface area contributed by atoms with E-state index in [2.05, 4.69) is 33.1 Å². The van der Waals surface area contributed by atoms with Gasteiger partial charge in [0.2, 0.25) is 0 Å². The zero-order chi connectivity index (χ0) is 9.10. The van der Waals surface area contributed by atoms with Crippen molar-refractivity contribution in [3.05, 3.63) is 48.7 Å². The summed E-state index contributed by atoms with van der Waals surface area (Å²) in [7, 11) is 0. The van der Waals surface area contributed by atoms with E-state index >= 15 is 0 Å². The molecule has 0 fully saturated rings. The fourth-order valence-corrected chi connectivity index (χ4v) is 1.44. The van der Waals surface area contributed by atoms with E-state index in [1.807, 2.05) is 30.3 Å². The van der Waals surface area contributed by atoms with E-state index in [1.54, 1.807) is 6.20 Å². The van der Waals surface area contributed by atoms with Crippen molar-refractivity contribution in [2.45, 2.75) is 0 Å². The maximum absolute atomic E-state index is 4.27. The number of pyridine rings is 1. The Labute approximate surface area is 85.6 Å². The Morgan fingerprint density at radius 1 is 0.923 bits per heavy atom. The summed E-state index contributed by atoms with van der Waals surface area (Å²) in [6.07, 6.45) is 1.81. The molecule has 1 heterocycles. The fourth-order valence-electron chi connectivity index (χ4n) is 1.16. The molecule has 0 saturated heterocycles. The van der Waals surface area contributed by atoms with Crippen LogP contribution in [0.3, 0.4) is 0 Å². The quantitative estimate of drug-likeness (QED) is 0.681. The number of benzene rings is 1. The summed E-state index contributed by atoms with van der Waals surface area (Å²) in [4.78, 5) is 4.27. The average molecular weight is 233 g/mol. The Morgan fingerprint density at radius 3 is 2.31 bits per heavy atom. The van der Waals surface area contributed by atoms with Crippen LogP contribution < -0.4 is 4.46 Å². The molecule has 2 heteroatoms. The van der Waals surface area contributed by atoms with Gasteiger partial charge >= 0.3 is 85.4 Å². The molecular weight excluding hydrogens is 225 g/mol. The van der Waals surface area contributed by atoms with Crippen molar-refractivity contribution in [2.24, 2.45) is 0 Å². The van der Waals surface area contributed by atoms with E-state index in [0.29, 0.717) is 0 Å². The van der Waals surface area contributed by atoms with Crippen molar-refractivity contribution in [3.63, 3.8) is 0 Å². The Balaban J connectivity index is 2.42. The predicted octanol–water partition coefficient (Wildman–Crippen LogP) is 1.54. The van der Waals surface area contributed by atoms with Crippen LogP contribution in [0.4, 0.5) is 0 Å². The molecule has 0 saturated carbocycles. The first kappa shape index (κ1) is 8.49. The molecule has 1 aromatic carbocycles. The predicted molar refractivity (Wildman–Crippen MR) is 55.1 cm³/mol. The van der Waals surface area contributed by atoms with Crippen molar-refractivity contribution in [1.82, 2.24) is 4.98 Å². The fraction of sp³-hybridized carbons (Fsp3) is 0. The normalized spacial score (nSPS) is 9.85. The van der Waals surface area contributed by atoms with Gasteiger partial charge in [0.15, 0.2) is 0 Å². The molecule has 0 aliphatic rings. The summed E-state index contributed by atoms with van der Waals surface area (Å²) in [5, 5.41) is 0. The van der Waals surface area contributed by atoms with Crippen LogP contribution in [0, 0.1) is 0 Å². The molecule has 2 aromatic rings. The van der Waals surface area contributed by atoms with E-state index < -0.39 is 0 Å². The molecule has 0 aliphatic carbocycles.